The topological polar surface area (TPSA) is 33.3 Å². The number of hydrogen-bond donors (Lipinski definition) is 2. The van der Waals surface area contributed by atoms with Crippen molar-refractivity contribution in [1.29, 1.82) is 0 Å². The molecule has 1 rings (SSSR count). The van der Waals surface area contributed by atoms with E-state index in [9.17, 15) is 0 Å². The number of ether oxygens (including phenoxy) is 1. The molecule has 2 N–H and O–H groups in total. The highest BCUT2D eigenvalue weighted by Crippen LogP contribution is 2.01. The summed E-state index contributed by atoms with van der Waals surface area (Å²) < 4.78 is 5.22. The van der Waals surface area contributed by atoms with E-state index in [1.165, 1.54) is 0 Å². The Kier molecular flexibility index (Phi) is 3.12. The lowest BCUT2D eigenvalue weighted by Crippen LogP contribution is -2.56. The van der Waals surface area contributed by atoms with E-state index in [0.717, 1.165) is 19.5 Å². The number of rotatable bonds is 2. The van der Waals surface area contributed by atoms with Crippen molar-refractivity contribution in [1.82, 2.24) is 10.6 Å². The Bertz CT molecular complexity index is 85.6. The highest BCUT2D eigenvalue weighted by molar-refractivity contribution is 4.78. The van der Waals surface area contributed by atoms with Gasteiger partial charge < -0.3 is 10.1 Å². The van der Waals surface area contributed by atoms with E-state index in [0.29, 0.717) is 6.04 Å². The van der Waals surface area contributed by atoms with Gasteiger partial charge in [0.1, 0.15) is 6.23 Å². The van der Waals surface area contributed by atoms with E-state index in [1.807, 2.05) is 0 Å². The van der Waals surface area contributed by atoms with E-state index >= 15 is 0 Å². The number of methoxy groups -OCH3 is 1. The quantitative estimate of drug-likeness (QED) is 0.569. The second-order valence-electron chi connectivity index (χ2n) is 2.58. The Labute approximate surface area is 62.1 Å². The van der Waals surface area contributed by atoms with Crippen LogP contribution < -0.4 is 10.6 Å². The SMILES string of the molecule is CCC1NCCNC1OC. The molecule has 0 aliphatic carbocycles. The lowest BCUT2D eigenvalue weighted by Gasteiger charge is -2.31. The van der Waals surface area contributed by atoms with Crippen molar-refractivity contribution in [2.24, 2.45) is 0 Å². The third kappa shape index (κ3) is 1.68. The molecule has 3 heteroatoms. The molecule has 0 amide bonds. The predicted octanol–water partition coefficient (Wildman–Crippen LogP) is -0.0697. The molecule has 3 nitrogen and oxygen atoms in total. The van der Waals surface area contributed by atoms with Crippen LogP contribution >= 0.6 is 0 Å². The molecule has 2 unspecified atom stereocenters. The summed E-state index contributed by atoms with van der Waals surface area (Å²) in [6, 6.07) is 0.485. The molecule has 0 aromatic carbocycles. The summed E-state index contributed by atoms with van der Waals surface area (Å²) >= 11 is 0. The molecule has 0 bridgehead atoms. The van der Waals surface area contributed by atoms with Gasteiger partial charge in [-0.1, -0.05) is 6.92 Å². The molecule has 0 aromatic rings. The summed E-state index contributed by atoms with van der Waals surface area (Å²) in [6.45, 7) is 4.23. The summed E-state index contributed by atoms with van der Waals surface area (Å²) in [6.07, 6.45) is 1.32. The normalized spacial score (nSPS) is 34.2. The molecule has 10 heavy (non-hydrogen) atoms. The lowest BCUT2D eigenvalue weighted by atomic mass is 10.1. The second kappa shape index (κ2) is 3.91. The summed E-state index contributed by atoms with van der Waals surface area (Å²) in [4.78, 5) is 0. The monoisotopic (exact) mass is 144 g/mol. The molecule has 1 aliphatic rings. The number of piperazine rings is 1. The van der Waals surface area contributed by atoms with Crippen LogP contribution in [0.3, 0.4) is 0 Å². The van der Waals surface area contributed by atoms with Crippen LogP contribution in [-0.4, -0.2) is 32.5 Å². The fraction of sp³-hybridized carbons (Fsp3) is 1.00. The van der Waals surface area contributed by atoms with Crippen molar-refractivity contribution in [3.05, 3.63) is 0 Å². The van der Waals surface area contributed by atoms with Gasteiger partial charge in [-0.2, -0.15) is 0 Å². The molecule has 0 aromatic heterocycles. The zero-order valence-corrected chi connectivity index (χ0v) is 6.68. The van der Waals surface area contributed by atoms with Crippen LogP contribution in [0, 0.1) is 0 Å². The van der Waals surface area contributed by atoms with Crippen LogP contribution in [0.5, 0.6) is 0 Å². The molecule has 0 radical (unpaired) electrons. The number of nitrogens with one attached hydrogen (secondary N) is 2. The standard InChI is InChI=1S/C7H16N2O/c1-3-6-7(10-2)9-5-4-8-6/h6-9H,3-5H2,1-2H3. The van der Waals surface area contributed by atoms with Gasteiger partial charge in [0, 0.05) is 26.2 Å². The second-order valence-corrected chi connectivity index (χ2v) is 2.58. The van der Waals surface area contributed by atoms with Gasteiger partial charge in [0.25, 0.3) is 0 Å². The van der Waals surface area contributed by atoms with E-state index in [1.54, 1.807) is 7.11 Å². The molecular weight excluding hydrogens is 128 g/mol. The van der Waals surface area contributed by atoms with Gasteiger partial charge in [-0.3, -0.25) is 5.32 Å². The van der Waals surface area contributed by atoms with Crippen LogP contribution in [-0.2, 0) is 4.74 Å². The van der Waals surface area contributed by atoms with Gasteiger partial charge in [-0.15, -0.1) is 0 Å². The Morgan fingerprint density at radius 1 is 1.40 bits per heavy atom. The third-order valence-electron chi connectivity index (χ3n) is 1.94. The van der Waals surface area contributed by atoms with E-state index in [-0.39, 0.29) is 6.23 Å². The first-order valence-electron chi connectivity index (χ1n) is 3.88. The average molecular weight is 144 g/mol. The van der Waals surface area contributed by atoms with Crippen molar-refractivity contribution in [2.45, 2.75) is 25.6 Å². The van der Waals surface area contributed by atoms with Gasteiger partial charge in [-0.05, 0) is 6.42 Å². The summed E-state index contributed by atoms with van der Waals surface area (Å²) in [5.74, 6) is 0. The molecule has 1 heterocycles. The fourth-order valence-electron chi connectivity index (χ4n) is 1.33. The van der Waals surface area contributed by atoms with Gasteiger partial charge in [0.05, 0.1) is 0 Å². The fourth-order valence-corrected chi connectivity index (χ4v) is 1.33. The van der Waals surface area contributed by atoms with Crippen molar-refractivity contribution in [3.8, 4) is 0 Å². The zero-order valence-electron chi connectivity index (χ0n) is 6.68. The maximum Gasteiger partial charge on any atom is 0.123 e. The van der Waals surface area contributed by atoms with E-state index in [4.69, 9.17) is 4.74 Å². The first kappa shape index (κ1) is 7.98. The molecule has 0 spiro atoms. The Hall–Kier alpha value is -0.120. The minimum absolute atomic E-state index is 0.207. The first-order chi connectivity index (χ1) is 4.88. The van der Waals surface area contributed by atoms with Crippen LogP contribution in [0.4, 0.5) is 0 Å². The highest BCUT2D eigenvalue weighted by atomic mass is 16.5. The van der Waals surface area contributed by atoms with Gasteiger partial charge >= 0.3 is 0 Å². The summed E-state index contributed by atoms with van der Waals surface area (Å²) in [5, 5.41) is 6.67. The molecule has 1 saturated heterocycles. The summed E-state index contributed by atoms with van der Waals surface area (Å²) in [7, 11) is 1.74. The first-order valence-corrected chi connectivity index (χ1v) is 3.88. The molecule has 1 aliphatic heterocycles. The average Bonchev–Trinajstić information content (AvgIpc) is 2.04. The van der Waals surface area contributed by atoms with E-state index in [2.05, 4.69) is 17.6 Å². The van der Waals surface area contributed by atoms with Crippen molar-refractivity contribution >= 4 is 0 Å². The minimum Gasteiger partial charge on any atom is -0.365 e. The Morgan fingerprint density at radius 2 is 2.10 bits per heavy atom. The van der Waals surface area contributed by atoms with Gasteiger partial charge in [-0.25, -0.2) is 0 Å². The van der Waals surface area contributed by atoms with E-state index < -0.39 is 0 Å². The molecule has 2 atom stereocenters. The Morgan fingerprint density at radius 3 is 2.60 bits per heavy atom. The van der Waals surface area contributed by atoms with Crippen LogP contribution in [0.2, 0.25) is 0 Å². The number of hydrogen-bond acceptors (Lipinski definition) is 3. The van der Waals surface area contributed by atoms with Crippen LogP contribution in [0.25, 0.3) is 0 Å². The van der Waals surface area contributed by atoms with Gasteiger partial charge in [0.15, 0.2) is 0 Å². The maximum absolute atomic E-state index is 5.22. The predicted molar refractivity (Wildman–Crippen MR) is 40.9 cm³/mol. The minimum atomic E-state index is 0.207. The van der Waals surface area contributed by atoms with Crippen molar-refractivity contribution in [3.63, 3.8) is 0 Å². The molecule has 60 valence electrons. The smallest absolute Gasteiger partial charge is 0.123 e. The Balaban J connectivity index is 2.34. The third-order valence-corrected chi connectivity index (χ3v) is 1.94. The van der Waals surface area contributed by atoms with Crippen molar-refractivity contribution < 1.29 is 4.74 Å². The highest BCUT2D eigenvalue weighted by Gasteiger charge is 2.21. The molecule has 1 fully saturated rings. The van der Waals surface area contributed by atoms with Crippen LogP contribution in [0.1, 0.15) is 13.3 Å². The largest absolute Gasteiger partial charge is 0.365 e. The zero-order chi connectivity index (χ0) is 7.40. The van der Waals surface area contributed by atoms with Gasteiger partial charge in [0.2, 0.25) is 0 Å². The lowest BCUT2D eigenvalue weighted by molar-refractivity contribution is 0.0267. The molecule has 0 saturated carbocycles. The van der Waals surface area contributed by atoms with Crippen molar-refractivity contribution in [2.75, 3.05) is 20.2 Å². The molecular formula is C7H16N2O. The maximum atomic E-state index is 5.22. The van der Waals surface area contributed by atoms with Crippen LogP contribution in [0.15, 0.2) is 0 Å². The summed E-state index contributed by atoms with van der Waals surface area (Å²) in [5.41, 5.74) is 0.